The van der Waals surface area contributed by atoms with Crippen molar-refractivity contribution in [1.82, 2.24) is 0 Å². The van der Waals surface area contributed by atoms with Crippen molar-refractivity contribution in [2.45, 2.75) is 31.9 Å². The van der Waals surface area contributed by atoms with Gasteiger partial charge in [-0.2, -0.15) is 0 Å². The van der Waals surface area contributed by atoms with Crippen molar-refractivity contribution in [1.29, 1.82) is 0 Å². The van der Waals surface area contributed by atoms with Gasteiger partial charge in [-0.05, 0) is 6.42 Å². The van der Waals surface area contributed by atoms with Gasteiger partial charge in [0.05, 0.1) is 12.0 Å². The summed E-state index contributed by atoms with van der Waals surface area (Å²) in [7, 11) is 0. The number of nitro groups is 1. The lowest BCUT2D eigenvalue weighted by Gasteiger charge is -2.03. The zero-order chi connectivity index (χ0) is 8.22. The van der Waals surface area contributed by atoms with Crippen LogP contribution in [0.5, 0.6) is 0 Å². The predicted molar refractivity (Wildman–Crippen MR) is 37.6 cm³/mol. The minimum absolute atomic E-state index is 0.0579. The first-order valence-electron chi connectivity index (χ1n) is 3.89. The molecule has 4 unspecified atom stereocenters. The normalized spacial score (nSPS) is 53.8. The summed E-state index contributed by atoms with van der Waals surface area (Å²) in [4.78, 5) is 10.2. The molecule has 4 heteroatoms. The van der Waals surface area contributed by atoms with Crippen molar-refractivity contribution in [3.63, 3.8) is 0 Å². The van der Waals surface area contributed by atoms with E-state index < -0.39 is 12.1 Å². The smallest absolute Gasteiger partial charge is 0.219 e. The van der Waals surface area contributed by atoms with Crippen molar-refractivity contribution < 1.29 is 10.0 Å². The Labute approximate surface area is 64.4 Å². The summed E-state index contributed by atoms with van der Waals surface area (Å²) >= 11 is 0. The summed E-state index contributed by atoms with van der Waals surface area (Å²) in [5.74, 6) is -0.0579. The lowest BCUT2D eigenvalue weighted by molar-refractivity contribution is -0.526. The fourth-order valence-electron chi connectivity index (χ4n) is 2.41. The summed E-state index contributed by atoms with van der Waals surface area (Å²) in [5, 5.41) is 19.7. The van der Waals surface area contributed by atoms with Crippen LogP contribution in [0.2, 0.25) is 0 Å². The van der Waals surface area contributed by atoms with Gasteiger partial charge in [0, 0.05) is 16.8 Å². The molecule has 0 spiro atoms. The molecule has 2 rings (SSSR count). The van der Waals surface area contributed by atoms with Crippen molar-refractivity contribution >= 4 is 0 Å². The Hall–Kier alpha value is -0.640. The predicted octanol–water partition coefficient (Wildman–Crippen LogP) is 0.422. The summed E-state index contributed by atoms with van der Waals surface area (Å²) < 4.78 is 0. The quantitative estimate of drug-likeness (QED) is 0.443. The summed E-state index contributed by atoms with van der Waals surface area (Å²) in [6, 6.07) is -0.477. The molecule has 0 aliphatic heterocycles. The van der Waals surface area contributed by atoms with E-state index in [2.05, 4.69) is 0 Å². The van der Waals surface area contributed by atoms with E-state index in [9.17, 15) is 15.2 Å². The van der Waals surface area contributed by atoms with Gasteiger partial charge in [-0.1, -0.05) is 6.92 Å². The molecule has 11 heavy (non-hydrogen) atoms. The van der Waals surface area contributed by atoms with Crippen LogP contribution in [0.25, 0.3) is 0 Å². The first-order valence-corrected chi connectivity index (χ1v) is 3.89. The Balaban J connectivity index is 2.15. The number of fused-ring (bicyclic) bond motifs is 1. The standard InChI is InChI=1S/C7H11NO3/c1-7-3-2-4(8(10)11)5(7)6(7)9/h4-6,9H,2-3H2,1H3. The van der Waals surface area contributed by atoms with E-state index in [4.69, 9.17) is 0 Å². The van der Waals surface area contributed by atoms with Crippen LogP contribution in [0.1, 0.15) is 19.8 Å². The maximum Gasteiger partial charge on any atom is 0.219 e. The molecule has 4 atom stereocenters. The van der Waals surface area contributed by atoms with Crippen molar-refractivity contribution in [2.24, 2.45) is 11.3 Å². The molecule has 0 amide bonds. The number of hydrogen-bond acceptors (Lipinski definition) is 3. The molecule has 62 valence electrons. The Morgan fingerprint density at radius 3 is 2.64 bits per heavy atom. The molecule has 0 heterocycles. The van der Waals surface area contributed by atoms with Crippen LogP contribution in [0.4, 0.5) is 0 Å². The van der Waals surface area contributed by atoms with Crippen LogP contribution in [-0.2, 0) is 0 Å². The lowest BCUT2D eigenvalue weighted by Crippen LogP contribution is -2.21. The third-order valence-electron chi connectivity index (χ3n) is 3.33. The number of aliphatic hydroxyl groups is 1. The number of aliphatic hydroxyl groups excluding tert-OH is 1. The second-order valence-electron chi connectivity index (χ2n) is 3.87. The van der Waals surface area contributed by atoms with Gasteiger partial charge in [0.1, 0.15) is 0 Å². The van der Waals surface area contributed by atoms with Crippen molar-refractivity contribution in [3.05, 3.63) is 10.1 Å². The Kier molecular flexibility index (Phi) is 1.12. The maximum atomic E-state index is 10.4. The molecule has 0 aromatic carbocycles. The summed E-state index contributed by atoms with van der Waals surface area (Å²) in [6.07, 6.45) is 1.04. The highest BCUT2D eigenvalue weighted by Crippen LogP contribution is 2.63. The molecule has 2 aliphatic rings. The fraction of sp³-hybridized carbons (Fsp3) is 1.00. The van der Waals surface area contributed by atoms with Gasteiger partial charge in [-0.25, -0.2) is 0 Å². The summed E-state index contributed by atoms with van der Waals surface area (Å²) in [6.45, 7) is 1.94. The topological polar surface area (TPSA) is 63.4 Å². The Morgan fingerprint density at radius 2 is 2.36 bits per heavy atom. The first kappa shape index (κ1) is 7.03. The van der Waals surface area contributed by atoms with E-state index in [0.717, 1.165) is 6.42 Å². The molecule has 2 aliphatic carbocycles. The molecule has 0 bridgehead atoms. The molecule has 0 aromatic heterocycles. The minimum atomic E-state index is -0.477. The molecule has 2 saturated carbocycles. The minimum Gasteiger partial charge on any atom is -0.392 e. The van der Waals surface area contributed by atoms with Gasteiger partial charge >= 0.3 is 0 Å². The molecule has 1 N–H and O–H groups in total. The Morgan fingerprint density at radius 1 is 1.73 bits per heavy atom. The van der Waals surface area contributed by atoms with Crippen LogP contribution < -0.4 is 0 Å². The van der Waals surface area contributed by atoms with E-state index in [1.165, 1.54) is 0 Å². The highest BCUT2D eigenvalue weighted by atomic mass is 16.6. The van der Waals surface area contributed by atoms with Crippen LogP contribution in [0.15, 0.2) is 0 Å². The third-order valence-corrected chi connectivity index (χ3v) is 3.33. The number of nitrogens with zero attached hydrogens (tertiary/aromatic N) is 1. The van der Waals surface area contributed by atoms with Crippen LogP contribution in [0.3, 0.4) is 0 Å². The van der Waals surface area contributed by atoms with Gasteiger partial charge < -0.3 is 5.11 Å². The average Bonchev–Trinajstić information content (AvgIpc) is 2.38. The second kappa shape index (κ2) is 1.75. The maximum absolute atomic E-state index is 10.4. The van der Waals surface area contributed by atoms with Gasteiger partial charge in [-0.15, -0.1) is 0 Å². The van der Waals surface area contributed by atoms with Gasteiger partial charge in [-0.3, -0.25) is 10.1 Å². The van der Waals surface area contributed by atoms with E-state index in [0.29, 0.717) is 6.42 Å². The molecule has 2 fully saturated rings. The van der Waals surface area contributed by atoms with Gasteiger partial charge in [0.15, 0.2) is 0 Å². The molecule has 0 radical (unpaired) electrons. The monoisotopic (exact) mass is 157 g/mol. The highest BCUT2D eigenvalue weighted by Gasteiger charge is 2.71. The SMILES string of the molecule is CC12CCC([N+](=O)[O-])C1C2O. The lowest BCUT2D eigenvalue weighted by atomic mass is 10.1. The summed E-state index contributed by atoms with van der Waals surface area (Å²) in [5.41, 5.74) is -0.113. The number of rotatable bonds is 1. The highest BCUT2D eigenvalue weighted by molar-refractivity contribution is 5.16. The second-order valence-corrected chi connectivity index (χ2v) is 3.87. The van der Waals surface area contributed by atoms with Gasteiger partial charge in [0.2, 0.25) is 6.04 Å². The fourth-order valence-corrected chi connectivity index (χ4v) is 2.41. The van der Waals surface area contributed by atoms with E-state index in [-0.39, 0.29) is 16.3 Å². The Bertz CT molecular complexity index is 218. The first-order chi connectivity index (χ1) is 5.07. The van der Waals surface area contributed by atoms with Gasteiger partial charge in [0.25, 0.3) is 0 Å². The molecular formula is C7H11NO3. The molecule has 0 aromatic rings. The molecular weight excluding hydrogens is 146 g/mol. The third kappa shape index (κ3) is 0.677. The van der Waals surface area contributed by atoms with Crippen LogP contribution in [-0.4, -0.2) is 22.2 Å². The van der Waals surface area contributed by atoms with E-state index >= 15 is 0 Å². The largest absolute Gasteiger partial charge is 0.392 e. The number of hydrogen-bond donors (Lipinski definition) is 1. The van der Waals surface area contributed by atoms with Crippen LogP contribution in [0, 0.1) is 21.4 Å². The molecule has 0 saturated heterocycles. The zero-order valence-corrected chi connectivity index (χ0v) is 6.36. The zero-order valence-electron chi connectivity index (χ0n) is 6.36. The van der Waals surface area contributed by atoms with E-state index in [1.54, 1.807) is 0 Å². The van der Waals surface area contributed by atoms with Crippen LogP contribution >= 0.6 is 0 Å². The molecule has 4 nitrogen and oxygen atoms in total. The van der Waals surface area contributed by atoms with Crippen molar-refractivity contribution in [2.75, 3.05) is 0 Å². The van der Waals surface area contributed by atoms with E-state index in [1.807, 2.05) is 6.92 Å². The van der Waals surface area contributed by atoms with Crippen molar-refractivity contribution in [3.8, 4) is 0 Å². The average molecular weight is 157 g/mol.